The van der Waals surface area contributed by atoms with E-state index in [4.69, 9.17) is 4.74 Å². The largest absolute Gasteiger partial charge is 0.372 e. The maximum atomic E-state index is 14.7. The average molecular weight is 339 g/mol. The highest BCUT2D eigenvalue weighted by molar-refractivity contribution is 5.86. The van der Waals surface area contributed by atoms with Crippen LogP contribution in [0.4, 0.5) is 10.1 Å². The van der Waals surface area contributed by atoms with Crippen molar-refractivity contribution in [1.29, 1.82) is 0 Å². The first-order valence-electron chi connectivity index (χ1n) is 8.05. The molecule has 1 aromatic heterocycles. The Kier molecular flexibility index (Phi) is 5.05. The minimum Gasteiger partial charge on any atom is -0.372 e. The summed E-state index contributed by atoms with van der Waals surface area (Å²) < 4.78 is 20.4. The zero-order valence-electron chi connectivity index (χ0n) is 14.1. The molecule has 1 aliphatic rings. The van der Waals surface area contributed by atoms with E-state index in [1.807, 2.05) is 18.7 Å². The summed E-state index contributed by atoms with van der Waals surface area (Å²) in [6.07, 6.45) is 3.76. The number of carbonyl (C=O) groups excluding carboxylic acids is 1. The molecule has 0 aliphatic carbocycles. The first-order valence-corrected chi connectivity index (χ1v) is 8.05. The zero-order chi connectivity index (χ0) is 17.8. The molecule has 2 heterocycles. The number of benzene rings is 1. The van der Waals surface area contributed by atoms with Crippen molar-refractivity contribution < 1.29 is 13.9 Å². The maximum Gasteiger partial charge on any atom is 0.205 e. The number of nitrogens with zero attached hydrogens (tertiary/aromatic N) is 3. The Morgan fingerprint density at radius 3 is 2.52 bits per heavy atom. The summed E-state index contributed by atoms with van der Waals surface area (Å²) in [6, 6.07) is 4.61. The molecule has 0 bridgehead atoms. The molecule has 6 heteroatoms. The highest BCUT2D eigenvalue weighted by atomic mass is 19.1. The van der Waals surface area contributed by atoms with Crippen LogP contribution in [0.5, 0.6) is 0 Å². The lowest BCUT2D eigenvalue weighted by atomic mass is 10.1. The van der Waals surface area contributed by atoms with Crippen LogP contribution in [0.3, 0.4) is 0 Å². The van der Waals surface area contributed by atoms with E-state index < -0.39 is 5.82 Å². The first-order chi connectivity index (χ1) is 12.1. The summed E-state index contributed by atoms with van der Waals surface area (Å²) in [4.78, 5) is 21.4. The Morgan fingerprint density at radius 2 is 1.88 bits per heavy atom. The quantitative estimate of drug-likeness (QED) is 0.621. The highest BCUT2D eigenvalue weighted by Gasteiger charge is 2.26. The van der Waals surface area contributed by atoms with Crippen LogP contribution in [0.2, 0.25) is 0 Å². The zero-order valence-corrected chi connectivity index (χ0v) is 14.1. The summed E-state index contributed by atoms with van der Waals surface area (Å²) >= 11 is 0. The number of aromatic nitrogens is 2. The number of halogens is 1. The Labute approximate surface area is 145 Å². The summed E-state index contributed by atoms with van der Waals surface area (Å²) in [5, 5.41) is 0. The summed E-state index contributed by atoms with van der Waals surface area (Å²) in [7, 11) is 0. The van der Waals surface area contributed by atoms with Gasteiger partial charge in [0.05, 0.1) is 17.9 Å². The van der Waals surface area contributed by atoms with Gasteiger partial charge in [0.15, 0.2) is 6.29 Å². The molecule has 1 fully saturated rings. The van der Waals surface area contributed by atoms with Crippen LogP contribution in [0.15, 0.2) is 30.6 Å². The SMILES string of the molecule is C[C@@H]1CN(c2c(F)cc(C#Cc3ncccn3)cc2C=O)C[C@H](C)O1. The summed E-state index contributed by atoms with van der Waals surface area (Å²) in [5.41, 5.74) is 0.989. The minimum absolute atomic E-state index is 0.0302. The van der Waals surface area contributed by atoms with E-state index in [9.17, 15) is 9.18 Å². The van der Waals surface area contributed by atoms with Crippen LogP contribution in [0, 0.1) is 17.7 Å². The van der Waals surface area contributed by atoms with Gasteiger partial charge >= 0.3 is 0 Å². The lowest BCUT2D eigenvalue weighted by molar-refractivity contribution is -0.00543. The van der Waals surface area contributed by atoms with E-state index in [2.05, 4.69) is 21.8 Å². The van der Waals surface area contributed by atoms with Crippen molar-refractivity contribution in [3.05, 3.63) is 53.4 Å². The fourth-order valence-electron chi connectivity index (χ4n) is 2.97. The second kappa shape index (κ2) is 7.41. The second-order valence-electron chi connectivity index (χ2n) is 6.00. The molecular weight excluding hydrogens is 321 g/mol. The lowest BCUT2D eigenvalue weighted by Crippen LogP contribution is -2.46. The summed E-state index contributed by atoms with van der Waals surface area (Å²) in [5.74, 6) is 5.45. The molecule has 25 heavy (non-hydrogen) atoms. The van der Waals surface area contributed by atoms with Crippen LogP contribution in [0.25, 0.3) is 0 Å². The van der Waals surface area contributed by atoms with E-state index in [1.54, 1.807) is 24.5 Å². The number of hydrogen-bond donors (Lipinski definition) is 0. The highest BCUT2D eigenvalue weighted by Crippen LogP contribution is 2.28. The van der Waals surface area contributed by atoms with Crippen LogP contribution >= 0.6 is 0 Å². The molecule has 1 aliphatic heterocycles. The molecule has 0 spiro atoms. The molecule has 1 aromatic carbocycles. The predicted octanol–water partition coefficient (Wildman–Crippen LogP) is 2.44. The van der Waals surface area contributed by atoms with Gasteiger partial charge < -0.3 is 9.64 Å². The maximum absolute atomic E-state index is 14.7. The molecule has 0 radical (unpaired) electrons. The smallest absolute Gasteiger partial charge is 0.205 e. The molecule has 0 unspecified atom stereocenters. The van der Waals surface area contributed by atoms with Gasteiger partial charge in [0.25, 0.3) is 0 Å². The van der Waals surface area contributed by atoms with E-state index in [0.29, 0.717) is 36.5 Å². The molecule has 2 atom stereocenters. The van der Waals surface area contributed by atoms with E-state index >= 15 is 0 Å². The molecule has 2 aromatic rings. The minimum atomic E-state index is -0.468. The van der Waals surface area contributed by atoms with Gasteiger partial charge in [0.1, 0.15) is 5.82 Å². The molecular formula is C19H18FN3O2. The van der Waals surface area contributed by atoms with Crippen molar-refractivity contribution in [2.24, 2.45) is 0 Å². The van der Waals surface area contributed by atoms with Crippen molar-refractivity contribution >= 4 is 12.0 Å². The standard InChI is InChI=1S/C19H18FN3O2/c1-13-10-23(11-14(2)25-13)19-16(12-24)8-15(9-17(19)20)4-5-18-21-6-3-7-22-18/h3,6-9,12-14H,10-11H2,1-2H3/t13-,14+. The lowest BCUT2D eigenvalue weighted by Gasteiger charge is -2.37. The predicted molar refractivity (Wildman–Crippen MR) is 92.0 cm³/mol. The molecule has 128 valence electrons. The van der Waals surface area contributed by atoms with Gasteiger partial charge in [0, 0.05) is 36.6 Å². The van der Waals surface area contributed by atoms with Crippen LogP contribution in [-0.4, -0.2) is 41.6 Å². The number of carbonyl (C=O) groups is 1. The fraction of sp³-hybridized carbons (Fsp3) is 0.316. The Hall–Kier alpha value is -2.78. The van der Waals surface area contributed by atoms with Gasteiger partial charge in [-0.05, 0) is 38.0 Å². The van der Waals surface area contributed by atoms with Gasteiger partial charge in [-0.2, -0.15) is 0 Å². The number of ether oxygens (including phenoxy) is 1. The molecule has 0 N–H and O–H groups in total. The van der Waals surface area contributed by atoms with Gasteiger partial charge in [-0.1, -0.05) is 5.92 Å². The van der Waals surface area contributed by atoms with Crippen molar-refractivity contribution in [1.82, 2.24) is 9.97 Å². The van der Waals surface area contributed by atoms with Gasteiger partial charge in [0.2, 0.25) is 5.82 Å². The molecule has 0 amide bonds. The van der Waals surface area contributed by atoms with Crippen molar-refractivity contribution in [2.45, 2.75) is 26.1 Å². The average Bonchev–Trinajstić information content (AvgIpc) is 2.59. The number of anilines is 1. The molecule has 3 rings (SSSR count). The topological polar surface area (TPSA) is 55.3 Å². The van der Waals surface area contributed by atoms with Crippen LogP contribution in [0.1, 0.15) is 35.6 Å². The Morgan fingerprint density at radius 1 is 1.20 bits per heavy atom. The molecule has 1 saturated heterocycles. The molecule has 0 saturated carbocycles. The van der Waals surface area contributed by atoms with Crippen molar-refractivity contribution in [3.8, 4) is 11.8 Å². The number of morpholine rings is 1. The number of rotatable bonds is 2. The molecule has 5 nitrogen and oxygen atoms in total. The second-order valence-corrected chi connectivity index (χ2v) is 6.00. The number of aldehydes is 1. The van der Waals surface area contributed by atoms with Crippen LogP contribution < -0.4 is 4.90 Å². The van der Waals surface area contributed by atoms with Crippen LogP contribution in [-0.2, 0) is 4.74 Å². The first kappa shape index (κ1) is 17.1. The van der Waals surface area contributed by atoms with Gasteiger partial charge in [-0.15, -0.1) is 0 Å². The van der Waals surface area contributed by atoms with Gasteiger partial charge in [-0.3, -0.25) is 4.79 Å². The number of hydrogen-bond acceptors (Lipinski definition) is 5. The third kappa shape index (κ3) is 4.01. The van der Waals surface area contributed by atoms with E-state index in [-0.39, 0.29) is 17.8 Å². The van der Waals surface area contributed by atoms with E-state index in [1.165, 1.54) is 6.07 Å². The fourth-order valence-corrected chi connectivity index (χ4v) is 2.97. The van der Waals surface area contributed by atoms with Gasteiger partial charge in [-0.25, -0.2) is 14.4 Å². The Balaban J connectivity index is 1.94. The third-order valence-corrected chi connectivity index (χ3v) is 3.84. The third-order valence-electron chi connectivity index (χ3n) is 3.84. The normalized spacial score (nSPS) is 19.9. The Bertz CT molecular complexity index is 820. The van der Waals surface area contributed by atoms with E-state index in [0.717, 1.165) is 0 Å². The monoisotopic (exact) mass is 339 g/mol. The summed E-state index contributed by atoms with van der Waals surface area (Å²) in [6.45, 7) is 4.93. The van der Waals surface area contributed by atoms with Crippen molar-refractivity contribution in [2.75, 3.05) is 18.0 Å². The van der Waals surface area contributed by atoms with Crippen molar-refractivity contribution in [3.63, 3.8) is 0 Å².